The number of hydrogen-bond acceptors (Lipinski definition) is 5. The van der Waals surface area contributed by atoms with Crippen molar-refractivity contribution in [3.05, 3.63) is 102 Å². The standard InChI is InChI=1S/C26H21NO4S3/c1-18-7-11-20(12-8-18)33(28,29)22-15-16-24-26(17-22)32-25-6-4-3-5-23(25)27(24)34(30,31)21-13-9-19(2)10-14-21/h3-17H,1-2H3. The molecule has 1 aliphatic rings. The third-order valence-corrected chi connectivity index (χ3v) is 10.3. The Kier molecular flexibility index (Phi) is 5.55. The molecular formula is C26H21NO4S3. The zero-order valence-electron chi connectivity index (χ0n) is 18.5. The van der Waals surface area contributed by atoms with Crippen molar-refractivity contribution in [3.63, 3.8) is 0 Å². The number of sulfonamides is 1. The van der Waals surface area contributed by atoms with Crippen LogP contribution in [0.15, 0.2) is 115 Å². The molecule has 0 bridgehead atoms. The predicted molar refractivity (Wildman–Crippen MR) is 134 cm³/mol. The Hall–Kier alpha value is -3.07. The molecule has 0 N–H and O–H groups in total. The Morgan fingerprint density at radius 1 is 0.588 bits per heavy atom. The van der Waals surface area contributed by atoms with Crippen LogP contribution >= 0.6 is 11.8 Å². The van der Waals surface area contributed by atoms with Gasteiger partial charge in [-0.25, -0.2) is 21.1 Å². The molecule has 0 atom stereocenters. The first kappa shape index (κ1) is 22.7. The van der Waals surface area contributed by atoms with E-state index in [1.54, 1.807) is 72.8 Å². The third-order valence-electron chi connectivity index (χ3n) is 5.65. The monoisotopic (exact) mass is 507 g/mol. The smallest absolute Gasteiger partial charge is 0.232 e. The summed E-state index contributed by atoms with van der Waals surface area (Å²) in [7, 11) is -7.70. The summed E-state index contributed by atoms with van der Waals surface area (Å²) in [6.07, 6.45) is 0. The van der Waals surface area contributed by atoms with E-state index in [1.807, 2.05) is 26.0 Å². The summed E-state index contributed by atoms with van der Waals surface area (Å²) in [5.74, 6) is 0. The van der Waals surface area contributed by atoms with Crippen molar-refractivity contribution in [2.24, 2.45) is 0 Å². The lowest BCUT2D eigenvalue weighted by atomic mass is 10.2. The lowest BCUT2D eigenvalue weighted by molar-refractivity contribution is 0.595. The van der Waals surface area contributed by atoms with Gasteiger partial charge in [0.25, 0.3) is 10.0 Å². The quantitative estimate of drug-likeness (QED) is 0.332. The van der Waals surface area contributed by atoms with Gasteiger partial charge >= 0.3 is 0 Å². The first-order chi connectivity index (χ1) is 16.2. The first-order valence-electron chi connectivity index (χ1n) is 10.5. The average Bonchev–Trinajstić information content (AvgIpc) is 2.82. The number of rotatable bonds is 4. The highest BCUT2D eigenvalue weighted by atomic mass is 32.2. The van der Waals surface area contributed by atoms with Crippen LogP contribution in [0.3, 0.4) is 0 Å². The van der Waals surface area contributed by atoms with Crippen LogP contribution in [-0.2, 0) is 19.9 Å². The molecular weight excluding hydrogens is 486 g/mol. The normalized spacial score (nSPS) is 13.3. The Bertz CT molecular complexity index is 1610. The fourth-order valence-corrected chi connectivity index (χ4v) is 7.90. The van der Waals surface area contributed by atoms with E-state index >= 15 is 0 Å². The second kappa shape index (κ2) is 8.30. The molecule has 0 saturated heterocycles. The van der Waals surface area contributed by atoms with Crippen LogP contribution in [0, 0.1) is 13.8 Å². The van der Waals surface area contributed by atoms with Crippen LogP contribution in [-0.4, -0.2) is 16.8 Å². The number of aryl methyl sites for hydroxylation is 2. The molecule has 1 heterocycles. The number of anilines is 2. The molecule has 0 radical (unpaired) electrons. The Labute approximate surface area is 204 Å². The highest BCUT2D eigenvalue weighted by Crippen LogP contribution is 2.51. The fraction of sp³-hybridized carbons (Fsp3) is 0.0769. The minimum absolute atomic E-state index is 0.120. The fourth-order valence-electron chi connectivity index (χ4n) is 3.80. The van der Waals surface area contributed by atoms with Crippen molar-refractivity contribution in [1.82, 2.24) is 0 Å². The molecule has 34 heavy (non-hydrogen) atoms. The molecule has 0 unspecified atom stereocenters. The van der Waals surface area contributed by atoms with Crippen molar-refractivity contribution >= 4 is 43.0 Å². The lowest BCUT2D eigenvalue weighted by Crippen LogP contribution is -2.28. The van der Waals surface area contributed by atoms with Gasteiger partial charge in [-0.3, -0.25) is 0 Å². The molecule has 4 aromatic carbocycles. The third kappa shape index (κ3) is 3.81. The molecule has 0 spiro atoms. The summed E-state index contributed by atoms with van der Waals surface area (Å²) in [5, 5.41) is 0. The van der Waals surface area contributed by atoms with E-state index in [4.69, 9.17) is 0 Å². The topological polar surface area (TPSA) is 71.5 Å². The number of sulfone groups is 1. The van der Waals surface area contributed by atoms with E-state index in [2.05, 4.69) is 0 Å². The molecule has 0 aliphatic carbocycles. The number of para-hydroxylation sites is 1. The summed E-state index contributed by atoms with van der Waals surface area (Å²) in [5.41, 5.74) is 2.88. The Morgan fingerprint density at radius 2 is 1.12 bits per heavy atom. The van der Waals surface area contributed by atoms with E-state index in [-0.39, 0.29) is 14.7 Å². The lowest BCUT2D eigenvalue weighted by Gasteiger charge is -2.32. The maximum absolute atomic E-state index is 13.8. The van der Waals surface area contributed by atoms with Gasteiger partial charge in [0.2, 0.25) is 9.84 Å². The second-order valence-corrected chi connectivity index (χ2v) is 12.9. The molecule has 0 aromatic heterocycles. The van der Waals surface area contributed by atoms with Crippen LogP contribution in [0.25, 0.3) is 0 Å². The van der Waals surface area contributed by atoms with Gasteiger partial charge in [-0.2, -0.15) is 0 Å². The molecule has 5 nitrogen and oxygen atoms in total. The summed E-state index contributed by atoms with van der Waals surface area (Å²) in [6, 6.07) is 25.2. The van der Waals surface area contributed by atoms with E-state index in [0.29, 0.717) is 16.3 Å². The summed E-state index contributed by atoms with van der Waals surface area (Å²) in [4.78, 5) is 1.78. The highest BCUT2D eigenvalue weighted by molar-refractivity contribution is 8.00. The van der Waals surface area contributed by atoms with E-state index in [1.165, 1.54) is 22.1 Å². The van der Waals surface area contributed by atoms with Crippen molar-refractivity contribution in [2.45, 2.75) is 38.3 Å². The summed E-state index contributed by atoms with van der Waals surface area (Å²) < 4.78 is 55.4. The molecule has 5 rings (SSSR count). The Balaban J connectivity index is 1.67. The molecule has 0 saturated carbocycles. The van der Waals surface area contributed by atoms with Crippen LogP contribution in [0.4, 0.5) is 11.4 Å². The molecule has 8 heteroatoms. The van der Waals surface area contributed by atoms with Gasteiger partial charge < -0.3 is 0 Å². The number of nitrogens with zero attached hydrogens (tertiary/aromatic N) is 1. The van der Waals surface area contributed by atoms with Crippen molar-refractivity contribution in [2.75, 3.05) is 4.31 Å². The number of benzene rings is 4. The van der Waals surface area contributed by atoms with Gasteiger partial charge in [0.1, 0.15) is 0 Å². The van der Waals surface area contributed by atoms with Gasteiger partial charge in [-0.05, 0) is 68.4 Å². The maximum Gasteiger partial charge on any atom is 0.268 e. The van der Waals surface area contributed by atoms with Crippen LogP contribution < -0.4 is 4.31 Å². The Morgan fingerprint density at radius 3 is 1.76 bits per heavy atom. The molecule has 0 fully saturated rings. The minimum atomic E-state index is -3.94. The van der Waals surface area contributed by atoms with E-state index < -0.39 is 19.9 Å². The minimum Gasteiger partial charge on any atom is -0.232 e. The van der Waals surface area contributed by atoms with Gasteiger partial charge in [-0.15, -0.1) is 0 Å². The zero-order valence-corrected chi connectivity index (χ0v) is 20.9. The van der Waals surface area contributed by atoms with Gasteiger partial charge in [0.05, 0.1) is 26.1 Å². The van der Waals surface area contributed by atoms with E-state index in [0.717, 1.165) is 16.0 Å². The molecule has 0 amide bonds. The van der Waals surface area contributed by atoms with Crippen LogP contribution in [0.2, 0.25) is 0 Å². The van der Waals surface area contributed by atoms with Crippen LogP contribution in [0.1, 0.15) is 11.1 Å². The van der Waals surface area contributed by atoms with Crippen molar-refractivity contribution in [1.29, 1.82) is 0 Å². The SMILES string of the molecule is Cc1ccc(S(=O)(=O)c2ccc3c(c2)Sc2ccccc2N3S(=O)(=O)c2ccc(C)cc2)cc1. The maximum atomic E-state index is 13.8. The van der Waals surface area contributed by atoms with Gasteiger partial charge in [0, 0.05) is 9.79 Å². The number of fused-ring (bicyclic) bond motifs is 2. The van der Waals surface area contributed by atoms with Crippen molar-refractivity contribution in [3.8, 4) is 0 Å². The molecule has 4 aromatic rings. The molecule has 1 aliphatic heterocycles. The summed E-state index contributed by atoms with van der Waals surface area (Å²) >= 11 is 1.36. The predicted octanol–water partition coefficient (Wildman–Crippen LogP) is 6.13. The highest BCUT2D eigenvalue weighted by Gasteiger charge is 2.34. The first-order valence-corrected chi connectivity index (χ1v) is 14.3. The number of hydrogen-bond donors (Lipinski definition) is 0. The van der Waals surface area contributed by atoms with Crippen molar-refractivity contribution < 1.29 is 16.8 Å². The van der Waals surface area contributed by atoms with Gasteiger partial charge in [-0.1, -0.05) is 59.3 Å². The second-order valence-electron chi connectivity index (χ2n) is 8.10. The van der Waals surface area contributed by atoms with Crippen LogP contribution in [0.5, 0.6) is 0 Å². The zero-order chi connectivity index (χ0) is 24.1. The van der Waals surface area contributed by atoms with Gasteiger partial charge in [0.15, 0.2) is 0 Å². The molecule has 172 valence electrons. The largest absolute Gasteiger partial charge is 0.268 e. The summed E-state index contributed by atoms with van der Waals surface area (Å²) in [6.45, 7) is 3.79. The average molecular weight is 508 g/mol. The van der Waals surface area contributed by atoms with E-state index in [9.17, 15) is 16.8 Å².